The van der Waals surface area contributed by atoms with Crippen molar-refractivity contribution in [2.45, 2.75) is 25.4 Å². The summed E-state index contributed by atoms with van der Waals surface area (Å²) in [6.45, 7) is 0.804. The van der Waals surface area contributed by atoms with Gasteiger partial charge in [0.25, 0.3) is 0 Å². The molecule has 0 aliphatic carbocycles. The Kier molecular flexibility index (Phi) is 6.94. The highest BCUT2D eigenvalue weighted by Gasteiger charge is 2.11. The molecule has 1 aliphatic rings. The lowest BCUT2D eigenvalue weighted by atomic mass is 10.0. The van der Waals surface area contributed by atoms with Crippen LogP contribution in [0.15, 0.2) is 73.1 Å². The minimum absolute atomic E-state index is 0.276. The van der Waals surface area contributed by atoms with Gasteiger partial charge >= 0.3 is 0 Å². The molecular formula is C23H27NO3. The molecule has 1 atom stereocenters. The number of rotatable bonds is 9. The maximum atomic E-state index is 10.3. The SMILES string of the molecule is COc1ccc(CCc2ccccc2OC[C@@H](O)CN2C=CCC=C2)cc1. The normalized spacial score (nSPS) is 14.2. The number of methoxy groups -OCH3 is 1. The molecule has 3 rings (SSSR count). The first-order valence-electron chi connectivity index (χ1n) is 9.35. The molecule has 0 saturated heterocycles. The molecule has 2 aromatic rings. The number of hydrogen-bond donors (Lipinski definition) is 1. The quantitative estimate of drug-likeness (QED) is 0.731. The molecule has 0 radical (unpaired) electrons. The fourth-order valence-corrected chi connectivity index (χ4v) is 3.05. The predicted octanol–water partition coefficient (Wildman–Crippen LogP) is 3.95. The fourth-order valence-electron chi connectivity index (χ4n) is 3.05. The smallest absolute Gasteiger partial charge is 0.122 e. The molecule has 0 fully saturated rings. The summed E-state index contributed by atoms with van der Waals surface area (Å²) in [4.78, 5) is 1.98. The third kappa shape index (κ3) is 5.90. The molecule has 1 heterocycles. The maximum Gasteiger partial charge on any atom is 0.122 e. The van der Waals surface area contributed by atoms with Crippen LogP contribution < -0.4 is 9.47 Å². The molecular weight excluding hydrogens is 338 g/mol. The van der Waals surface area contributed by atoms with Crippen LogP contribution in [0.25, 0.3) is 0 Å². The number of β-amino-alcohol motifs (C(OH)–C–C–N with tert-alkyl or cyclic N) is 1. The van der Waals surface area contributed by atoms with E-state index in [2.05, 4.69) is 30.4 Å². The van der Waals surface area contributed by atoms with Crippen LogP contribution in [0.2, 0.25) is 0 Å². The molecule has 0 aromatic heterocycles. The molecule has 0 saturated carbocycles. The van der Waals surface area contributed by atoms with Gasteiger partial charge in [0.15, 0.2) is 0 Å². The molecule has 4 heteroatoms. The predicted molar refractivity (Wildman–Crippen MR) is 108 cm³/mol. The molecule has 1 aliphatic heterocycles. The van der Waals surface area contributed by atoms with Crippen LogP contribution in [0, 0.1) is 0 Å². The number of allylic oxidation sites excluding steroid dienone is 2. The van der Waals surface area contributed by atoms with Crippen LogP contribution in [0.5, 0.6) is 11.5 Å². The van der Waals surface area contributed by atoms with E-state index in [9.17, 15) is 5.11 Å². The maximum absolute atomic E-state index is 10.3. The molecule has 2 aromatic carbocycles. The van der Waals surface area contributed by atoms with Gasteiger partial charge < -0.3 is 19.5 Å². The fraction of sp³-hybridized carbons (Fsp3) is 0.304. The first kappa shape index (κ1) is 19.1. The van der Waals surface area contributed by atoms with E-state index >= 15 is 0 Å². The number of para-hydroxylation sites is 1. The number of nitrogens with zero attached hydrogens (tertiary/aromatic N) is 1. The summed E-state index contributed by atoms with van der Waals surface area (Å²) in [7, 11) is 1.68. The van der Waals surface area contributed by atoms with Crippen molar-refractivity contribution in [1.82, 2.24) is 4.90 Å². The van der Waals surface area contributed by atoms with Crippen LogP contribution in [0.4, 0.5) is 0 Å². The zero-order valence-electron chi connectivity index (χ0n) is 15.8. The second-order valence-electron chi connectivity index (χ2n) is 6.62. The van der Waals surface area contributed by atoms with Gasteiger partial charge in [-0.05, 0) is 61.0 Å². The van der Waals surface area contributed by atoms with Gasteiger partial charge in [-0.2, -0.15) is 0 Å². The van der Waals surface area contributed by atoms with E-state index in [0.717, 1.165) is 36.3 Å². The van der Waals surface area contributed by atoms with E-state index in [-0.39, 0.29) is 6.61 Å². The highest BCUT2D eigenvalue weighted by molar-refractivity contribution is 5.35. The standard InChI is InChI=1S/C23H27NO3/c1-26-22-13-10-19(11-14-22)9-12-20-7-3-4-8-23(20)27-18-21(25)17-24-15-5-2-6-16-24/h3-8,10-11,13-16,21,25H,2,9,12,17-18H2,1H3/t21-/m0/s1. The third-order valence-corrected chi connectivity index (χ3v) is 4.53. The summed E-state index contributed by atoms with van der Waals surface area (Å²) in [5.74, 6) is 1.71. The van der Waals surface area contributed by atoms with Crippen LogP contribution >= 0.6 is 0 Å². The number of hydrogen-bond acceptors (Lipinski definition) is 4. The summed E-state index contributed by atoms with van der Waals surface area (Å²) >= 11 is 0. The van der Waals surface area contributed by atoms with Crippen molar-refractivity contribution >= 4 is 0 Å². The molecule has 0 spiro atoms. The largest absolute Gasteiger partial charge is 0.497 e. The summed E-state index contributed by atoms with van der Waals surface area (Å²) < 4.78 is 11.1. The molecule has 4 nitrogen and oxygen atoms in total. The van der Waals surface area contributed by atoms with Crippen molar-refractivity contribution in [3.8, 4) is 11.5 Å². The van der Waals surface area contributed by atoms with Gasteiger partial charge in [-0.15, -0.1) is 0 Å². The molecule has 0 unspecified atom stereocenters. The first-order valence-corrected chi connectivity index (χ1v) is 9.35. The minimum Gasteiger partial charge on any atom is -0.497 e. The first-order chi connectivity index (χ1) is 13.2. The summed E-state index contributed by atoms with van der Waals surface area (Å²) in [5.41, 5.74) is 2.41. The number of aliphatic hydroxyl groups is 1. The van der Waals surface area contributed by atoms with E-state index in [4.69, 9.17) is 9.47 Å². The number of benzene rings is 2. The van der Waals surface area contributed by atoms with Gasteiger partial charge in [0.05, 0.1) is 13.7 Å². The Morgan fingerprint density at radius 3 is 2.48 bits per heavy atom. The average Bonchev–Trinajstić information content (AvgIpc) is 2.72. The Morgan fingerprint density at radius 1 is 1.00 bits per heavy atom. The van der Waals surface area contributed by atoms with Gasteiger partial charge in [0, 0.05) is 0 Å². The zero-order chi connectivity index (χ0) is 18.9. The van der Waals surface area contributed by atoms with Gasteiger partial charge in [0.2, 0.25) is 0 Å². The van der Waals surface area contributed by atoms with Gasteiger partial charge in [-0.3, -0.25) is 0 Å². The molecule has 27 heavy (non-hydrogen) atoms. The van der Waals surface area contributed by atoms with Gasteiger partial charge in [-0.25, -0.2) is 0 Å². The van der Waals surface area contributed by atoms with E-state index in [1.165, 1.54) is 5.56 Å². The van der Waals surface area contributed by atoms with Crippen molar-refractivity contribution < 1.29 is 14.6 Å². The minimum atomic E-state index is -0.549. The Hall–Kier alpha value is -2.72. The van der Waals surface area contributed by atoms with E-state index < -0.39 is 6.10 Å². The number of ether oxygens (including phenoxy) is 2. The third-order valence-electron chi connectivity index (χ3n) is 4.53. The van der Waals surface area contributed by atoms with E-state index in [1.807, 2.05) is 47.6 Å². The van der Waals surface area contributed by atoms with E-state index in [1.54, 1.807) is 7.11 Å². The van der Waals surface area contributed by atoms with Crippen molar-refractivity contribution in [2.75, 3.05) is 20.3 Å². The molecule has 0 bridgehead atoms. The van der Waals surface area contributed by atoms with E-state index in [0.29, 0.717) is 6.54 Å². The lowest BCUT2D eigenvalue weighted by Gasteiger charge is -2.22. The van der Waals surface area contributed by atoms with Crippen LogP contribution in [-0.2, 0) is 12.8 Å². The second-order valence-corrected chi connectivity index (χ2v) is 6.62. The number of aliphatic hydroxyl groups excluding tert-OH is 1. The Labute approximate surface area is 161 Å². The lowest BCUT2D eigenvalue weighted by Crippen LogP contribution is -2.30. The van der Waals surface area contributed by atoms with Crippen molar-refractivity contribution in [3.05, 3.63) is 84.2 Å². The van der Waals surface area contributed by atoms with Crippen LogP contribution in [-0.4, -0.2) is 36.4 Å². The summed E-state index contributed by atoms with van der Waals surface area (Å²) in [6, 6.07) is 16.2. The van der Waals surface area contributed by atoms with Crippen LogP contribution in [0.3, 0.4) is 0 Å². The van der Waals surface area contributed by atoms with Crippen molar-refractivity contribution in [1.29, 1.82) is 0 Å². The molecule has 1 N–H and O–H groups in total. The zero-order valence-corrected chi connectivity index (χ0v) is 15.8. The monoisotopic (exact) mass is 365 g/mol. The topological polar surface area (TPSA) is 41.9 Å². The lowest BCUT2D eigenvalue weighted by molar-refractivity contribution is 0.0905. The Balaban J connectivity index is 1.52. The molecule has 0 amide bonds. The van der Waals surface area contributed by atoms with Crippen molar-refractivity contribution in [3.63, 3.8) is 0 Å². The highest BCUT2D eigenvalue weighted by atomic mass is 16.5. The summed E-state index contributed by atoms with van der Waals surface area (Å²) in [6.07, 6.45) is 10.3. The molecule has 142 valence electrons. The highest BCUT2D eigenvalue weighted by Crippen LogP contribution is 2.21. The van der Waals surface area contributed by atoms with Gasteiger partial charge in [0.1, 0.15) is 24.2 Å². The Bertz CT molecular complexity index is 755. The average molecular weight is 365 g/mol. The summed E-state index contributed by atoms with van der Waals surface area (Å²) in [5, 5.41) is 10.3. The Morgan fingerprint density at radius 2 is 1.74 bits per heavy atom. The van der Waals surface area contributed by atoms with Crippen molar-refractivity contribution in [2.24, 2.45) is 0 Å². The van der Waals surface area contributed by atoms with Gasteiger partial charge in [-0.1, -0.05) is 42.5 Å². The number of aryl methyl sites for hydroxylation is 2. The van der Waals surface area contributed by atoms with Crippen LogP contribution in [0.1, 0.15) is 17.5 Å². The second kappa shape index (κ2) is 9.83.